The molecule has 2 aromatic heterocycles. The molecule has 2 heterocycles. The number of hydrogen-bond acceptors (Lipinski definition) is 7. The minimum Gasteiger partial charge on any atom is -0.381 e. The van der Waals surface area contributed by atoms with Crippen molar-refractivity contribution < 1.29 is 37.3 Å². The highest BCUT2D eigenvalue weighted by Crippen LogP contribution is 2.41. The van der Waals surface area contributed by atoms with Gasteiger partial charge in [0.25, 0.3) is 6.33 Å². The largest absolute Gasteiger partial charge is 0.472 e. The van der Waals surface area contributed by atoms with E-state index >= 15 is 0 Å². The Kier molecular flexibility index (Phi) is 7.74. The van der Waals surface area contributed by atoms with Crippen molar-refractivity contribution in [1.29, 1.82) is 0 Å². The van der Waals surface area contributed by atoms with Gasteiger partial charge in [0.1, 0.15) is 23.8 Å². The minimum absolute atomic E-state index is 0.159. The molecule has 2 atom stereocenters. The van der Waals surface area contributed by atoms with Crippen LogP contribution in [0.1, 0.15) is 23.4 Å². The van der Waals surface area contributed by atoms with Crippen LogP contribution in [0.25, 0.3) is 11.3 Å². The van der Waals surface area contributed by atoms with E-state index in [1.807, 2.05) is 17.5 Å². The molecular weight excluding hydrogens is 527 g/mol. The zero-order valence-corrected chi connectivity index (χ0v) is 21.2. The van der Waals surface area contributed by atoms with Crippen LogP contribution in [0.3, 0.4) is 0 Å². The number of nitrogens with zero attached hydrogens (tertiary/aromatic N) is 5. The summed E-state index contributed by atoms with van der Waals surface area (Å²) in [5.74, 6) is -2.51. The molecule has 4 aromatic rings. The van der Waals surface area contributed by atoms with E-state index in [4.69, 9.17) is 9.79 Å². The molecule has 0 saturated carbocycles. The van der Waals surface area contributed by atoms with Crippen molar-refractivity contribution in [3.05, 3.63) is 82.7 Å². The first-order valence-corrected chi connectivity index (χ1v) is 13.2. The number of halogens is 2. The van der Waals surface area contributed by atoms with Crippen LogP contribution in [0.15, 0.2) is 65.5 Å². The van der Waals surface area contributed by atoms with Gasteiger partial charge in [0.15, 0.2) is 6.73 Å². The van der Waals surface area contributed by atoms with Gasteiger partial charge in [-0.05, 0) is 24.9 Å². The monoisotopic (exact) mass is 550 g/mol. The summed E-state index contributed by atoms with van der Waals surface area (Å²) < 4.78 is 46.5. The second kappa shape index (κ2) is 10.7. The normalized spacial score (nSPS) is 14.3. The smallest absolute Gasteiger partial charge is 0.381 e. The van der Waals surface area contributed by atoms with E-state index in [9.17, 15) is 18.5 Å². The number of phosphoric ester groups is 1. The summed E-state index contributed by atoms with van der Waals surface area (Å²) >= 11 is 1.27. The summed E-state index contributed by atoms with van der Waals surface area (Å²) in [7, 11) is -4.71. The Hall–Kier alpha value is -3.19. The fourth-order valence-electron chi connectivity index (χ4n) is 3.76. The first kappa shape index (κ1) is 26.9. The van der Waals surface area contributed by atoms with Crippen molar-refractivity contribution in [3.63, 3.8) is 0 Å². The maximum absolute atomic E-state index is 15.0. The fourth-order valence-corrected chi connectivity index (χ4v) is 5.01. The van der Waals surface area contributed by atoms with Gasteiger partial charge in [0, 0.05) is 33.6 Å². The van der Waals surface area contributed by atoms with Crippen LogP contribution in [0.2, 0.25) is 0 Å². The lowest BCUT2D eigenvalue weighted by atomic mass is 9.82. The second-order valence-corrected chi connectivity index (χ2v) is 10.4. The molecule has 37 heavy (non-hydrogen) atoms. The number of rotatable bonds is 10. The van der Waals surface area contributed by atoms with E-state index in [0.29, 0.717) is 22.5 Å². The van der Waals surface area contributed by atoms with Crippen LogP contribution >= 0.6 is 19.2 Å². The van der Waals surface area contributed by atoms with Crippen LogP contribution in [0, 0.1) is 11.6 Å². The highest BCUT2D eigenvalue weighted by molar-refractivity contribution is 7.46. The summed E-state index contributed by atoms with van der Waals surface area (Å²) in [6.07, 6.45) is 2.56. The van der Waals surface area contributed by atoms with E-state index in [-0.39, 0.29) is 12.1 Å². The van der Waals surface area contributed by atoms with Crippen LogP contribution in [-0.4, -0.2) is 36.4 Å². The minimum atomic E-state index is -4.71. The lowest BCUT2D eigenvalue weighted by Crippen LogP contribution is -2.39. The van der Waals surface area contributed by atoms with Gasteiger partial charge in [-0.2, -0.15) is 0 Å². The van der Waals surface area contributed by atoms with E-state index in [0.717, 1.165) is 11.6 Å². The topological polar surface area (TPSA) is 134 Å². The molecule has 10 nitrogen and oxygen atoms in total. The Morgan fingerprint density at radius 2 is 2.00 bits per heavy atom. The van der Waals surface area contributed by atoms with Crippen LogP contribution in [-0.2, 0) is 28.0 Å². The summed E-state index contributed by atoms with van der Waals surface area (Å²) in [5.41, 5.74) is 0.0782. The van der Waals surface area contributed by atoms with Gasteiger partial charge in [-0.15, -0.1) is 16.0 Å². The number of thiazole rings is 1. The van der Waals surface area contributed by atoms with E-state index in [2.05, 4.69) is 26.3 Å². The number of hydrogen-bond donors (Lipinski definition) is 3. The van der Waals surface area contributed by atoms with Gasteiger partial charge in [-0.3, -0.25) is 9.52 Å². The van der Waals surface area contributed by atoms with Gasteiger partial charge >= 0.3 is 7.82 Å². The molecular formula is C23H23F2N5O5PS+. The van der Waals surface area contributed by atoms with Gasteiger partial charge < -0.3 is 14.9 Å². The van der Waals surface area contributed by atoms with Gasteiger partial charge in [0.05, 0.1) is 16.4 Å². The maximum Gasteiger partial charge on any atom is 0.472 e. The average molecular weight is 551 g/mol. The number of aliphatic imine (C=N–C) groups is 1. The molecule has 0 amide bonds. The van der Waals surface area contributed by atoms with Crippen LogP contribution in [0.5, 0.6) is 0 Å². The van der Waals surface area contributed by atoms with Crippen molar-refractivity contribution in [2.45, 2.75) is 31.7 Å². The maximum atomic E-state index is 15.0. The van der Waals surface area contributed by atoms with E-state index < -0.39 is 37.7 Å². The Morgan fingerprint density at radius 3 is 2.65 bits per heavy atom. The summed E-state index contributed by atoms with van der Waals surface area (Å²) in [5, 5.41) is 18.3. The zero-order valence-electron chi connectivity index (χ0n) is 19.5. The predicted octanol–water partition coefficient (Wildman–Crippen LogP) is 3.66. The molecule has 2 unspecified atom stereocenters. The molecule has 4 rings (SSSR count). The van der Waals surface area contributed by atoms with Crippen LogP contribution in [0.4, 0.5) is 14.5 Å². The van der Waals surface area contributed by atoms with Crippen molar-refractivity contribution in [2.24, 2.45) is 4.99 Å². The summed E-state index contributed by atoms with van der Waals surface area (Å²) in [6, 6.07) is 10.2. The SMILES string of the molecule is C=Nc1ccc(-c2csc(C(C)C(O)(Cn3c[n+](COP(=O)(O)O)cn3)c3ccc(F)cc3F)n2)cc1. The quantitative estimate of drug-likeness (QED) is 0.156. The molecule has 0 saturated heterocycles. The van der Waals surface area contributed by atoms with Crippen molar-refractivity contribution >= 4 is 31.6 Å². The van der Waals surface area contributed by atoms with Crippen molar-refractivity contribution in [2.75, 3.05) is 0 Å². The first-order chi connectivity index (χ1) is 17.5. The summed E-state index contributed by atoms with van der Waals surface area (Å²) in [6.45, 7) is 4.38. The second-order valence-electron chi connectivity index (χ2n) is 8.25. The lowest BCUT2D eigenvalue weighted by molar-refractivity contribution is -0.726. The van der Waals surface area contributed by atoms with Gasteiger partial charge in [0.2, 0.25) is 6.33 Å². The Bertz CT molecular complexity index is 1460. The predicted molar refractivity (Wildman–Crippen MR) is 131 cm³/mol. The molecule has 14 heteroatoms. The number of phosphoric acid groups is 1. The summed E-state index contributed by atoms with van der Waals surface area (Å²) in [4.78, 5) is 26.3. The molecule has 3 N–H and O–H groups in total. The average Bonchev–Trinajstić information content (AvgIpc) is 3.51. The number of aromatic nitrogens is 4. The molecule has 0 aliphatic carbocycles. The molecule has 0 bridgehead atoms. The van der Waals surface area contributed by atoms with E-state index in [1.165, 1.54) is 39.3 Å². The Morgan fingerprint density at radius 1 is 1.27 bits per heavy atom. The standard InChI is InChI=1S/C23H22F2N5O5PS/c1-15(22-28-21(10-37-22)16-3-6-18(26-2)7-4-16)23(31,19-8-5-17(24)9-20(19)25)11-30-13-29(12-27-30)14-35-36(32,33)34/h3-10,12-13,15,31H,2,11,14H2,1H3,(H-,32,33,34)/p+1. The molecule has 194 valence electrons. The molecule has 0 aliphatic heterocycles. The fraction of sp³-hybridized carbons (Fsp3) is 0.217. The third-order valence-corrected chi connectivity index (χ3v) is 7.24. The number of benzene rings is 2. The Balaban J connectivity index is 1.68. The number of aliphatic hydroxyl groups is 1. The molecule has 0 radical (unpaired) electrons. The zero-order chi connectivity index (χ0) is 26.8. The third kappa shape index (κ3) is 6.21. The van der Waals surface area contributed by atoms with Crippen molar-refractivity contribution in [1.82, 2.24) is 14.8 Å². The van der Waals surface area contributed by atoms with Crippen molar-refractivity contribution in [3.8, 4) is 11.3 Å². The van der Waals surface area contributed by atoms with Gasteiger partial charge in [-0.25, -0.2) is 22.9 Å². The molecule has 0 spiro atoms. The molecule has 0 fully saturated rings. The van der Waals surface area contributed by atoms with E-state index in [1.54, 1.807) is 19.1 Å². The van der Waals surface area contributed by atoms with Gasteiger partial charge in [-0.1, -0.05) is 25.1 Å². The highest BCUT2D eigenvalue weighted by Gasteiger charge is 2.43. The first-order valence-electron chi connectivity index (χ1n) is 10.8. The van der Waals surface area contributed by atoms with Crippen LogP contribution < -0.4 is 4.57 Å². The molecule has 0 aliphatic rings. The molecule has 2 aromatic carbocycles. The third-order valence-electron chi connectivity index (χ3n) is 5.76. The Labute approximate surface area is 214 Å². The highest BCUT2D eigenvalue weighted by atomic mass is 32.1. The lowest BCUT2D eigenvalue weighted by Gasteiger charge is -2.32.